The molecule has 0 aliphatic rings. The fourth-order valence-corrected chi connectivity index (χ4v) is 3.32. The Hall–Kier alpha value is -1.39. The minimum Gasteiger partial charge on any atom is -0.448 e. The molecule has 2 unspecified atom stereocenters. The number of hydrogen-bond acceptors (Lipinski definition) is 4. The summed E-state index contributed by atoms with van der Waals surface area (Å²) < 4.78 is 6.38. The van der Waals surface area contributed by atoms with Gasteiger partial charge in [0.1, 0.15) is 12.7 Å². The van der Waals surface area contributed by atoms with Gasteiger partial charge in [-0.1, -0.05) is 85.0 Å². The van der Waals surface area contributed by atoms with Crippen LogP contribution in [0.3, 0.4) is 0 Å². The molecule has 25 heavy (non-hydrogen) atoms. The van der Waals surface area contributed by atoms with Gasteiger partial charge in [0.15, 0.2) is 0 Å². The number of carbonyl (C=O) groups is 1. The van der Waals surface area contributed by atoms with Crippen molar-refractivity contribution in [3.8, 4) is 0 Å². The molecule has 0 N–H and O–H groups in total. The smallest absolute Gasteiger partial charge is 0.436 e. The third-order valence-electron chi connectivity index (χ3n) is 5.20. The molecule has 144 valence electrons. The van der Waals surface area contributed by atoms with E-state index in [4.69, 9.17) is 4.74 Å². The van der Waals surface area contributed by atoms with Gasteiger partial charge in [-0.15, -0.1) is 5.10 Å². The van der Waals surface area contributed by atoms with Crippen molar-refractivity contribution in [3.05, 3.63) is 12.7 Å². The Morgan fingerprint density at radius 3 is 2.16 bits per heavy atom. The fraction of sp³-hybridized carbons (Fsp3) is 0.850. The summed E-state index contributed by atoms with van der Waals surface area (Å²) in [7, 11) is 0. The first-order chi connectivity index (χ1) is 12.2. The first kappa shape index (κ1) is 21.7. The molecule has 0 aromatic carbocycles. The van der Waals surface area contributed by atoms with E-state index in [0.29, 0.717) is 12.5 Å². The minimum absolute atomic E-state index is 0.440. The summed E-state index contributed by atoms with van der Waals surface area (Å²) in [4.78, 5) is 15.4. The summed E-state index contributed by atoms with van der Waals surface area (Å²) in [5, 5.41) is 3.77. The standard InChI is InChI=1S/C20H37N3O2/c1-4-7-11-18(5-2)12-9-8-10-13-19(6-3)14-15-25-20(24)23-17-21-16-22-23/h16-19H,4-15H2,1-3H3. The van der Waals surface area contributed by atoms with Crippen LogP contribution in [0.1, 0.15) is 91.4 Å². The van der Waals surface area contributed by atoms with Gasteiger partial charge in [-0.3, -0.25) is 0 Å². The lowest BCUT2D eigenvalue weighted by Crippen LogP contribution is -2.16. The van der Waals surface area contributed by atoms with E-state index in [1.54, 1.807) is 0 Å². The van der Waals surface area contributed by atoms with Crippen LogP contribution in [0.2, 0.25) is 0 Å². The van der Waals surface area contributed by atoms with E-state index in [1.807, 2.05) is 0 Å². The second-order valence-corrected chi connectivity index (χ2v) is 7.07. The van der Waals surface area contributed by atoms with Gasteiger partial charge in [-0.05, 0) is 18.3 Å². The molecule has 0 saturated carbocycles. The number of unbranched alkanes of at least 4 members (excludes halogenated alkanes) is 3. The van der Waals surface area contributed by atoms with E-state index >= 15 is 0 Å². The van der Waals surface area contributed by atoms with E-state index in [-0.39, 0.29) is 0 Å². The van der Waals surface area contributed by atoms with E-state index in [2.05, 4.69) is 30.9 Å². The lowest BCUT2D eigenvalue weighted by Gasteiger charge is -2.16. The van der Waals surface area contributed by atoms with Crippen molar-refractivity contribution >= 4 is 6.09 Å². The molecule has 0 radical (unpaired) electrons. The quantitative estimate of drug-likeness (QED) is 0.395. The van der Waals surface area contributed by atoms with Gasteiger partial charge in [0.2, 0.25) is 0 Å². The molecule has 5 nitrogen and oxygen atoms in total. The Bertz CT molecular complexity index is 434. The van der Waals surface area contributed by atoms with Crippen molar-refractivity contribution in [2.75, 3.05) is 6.61 Å². The van der Waals surface area contributed by atoms with Crippen molar-refractivity contribution in [3.63, 3.8) is 0 Å². The monoisotopic (exact) mass is 351 g/mol. The molecule has 0 aliphatic heterocycles. The van der Waals surface area contributed by atoms with E-state index in [1.165, 1.54) is 70.4 Å². The van der Waals surface area contributed by atoms with Crippen molar-refractivity contribution in [2.24, 2.45) is 11.8 Å². The average molecular weight is 352 g/mol. The predicted octanol–water partition coefficient (Wildman–Crippen LogP) is 5.85. The van der Waals surface area contributed by atoms with Gasteiger partial charge in [0, 0.05) is 0 Å². The van der Waals surface area contributed by atoms with E-state index in [9.17, 15) is 4.79 Å². The molecule has 1 aromatic rings. The minimum atomic E-state index is -0.440. The first-order valence-corrected chi connectivity index (χ1v) is 10.2. The highest BCUT2D eigenvalue weighted by Gasteiger charge is 2.11. The van der Waals surface area contributed by atoms with Gasteiger partial charge < -0.3 is 4.74 Å². The summed E-state index contributed by atoms with van der Waals surface area (Å²) in [6.07, 6.45) is 16.4. The summed E-state index contributed by atoms with van der Waals surface area (Å²) in [5.74, 6) is 1.57. The van der Waals surface area contributed by atoms with Gasteiger partial charge in [0.25, 0.3) is 0 Å². The number of hydrogen-bond donors (Lipinski definition) is 0. The van der Waals surface area contributed by atoms with Crippen LogP contribution in [0.15, 0.2) is 12.7 Å². The maximum Gasteiger partial charge on any atom is 0.436 e. The second-order valence-electron chi connectivity index (χ2n) is 7.07. The molecule has 2 atom stereocenters. The topological polar surface area (TPSA) is 57.0 Å². The van der Waals surface area contributed by atoms with Crippen LogP contribution in [-0.2, 0) is 4.74 Å². The van der Waals surface area contributed by atoms with Crippen LogP contribution in [0.5, 0.6) is 0 Å². The normalized spacial score (nSPS) is 13.6. The Balaban J connectivity index is 2.08. The highest BCUT2D eigenvalue weighted by atomic mass is 16.6. The van der Waals surface area contributed by atoms with Crippen molar-refractivity contribution in [1.29, 1.82) is 0 Å². The van der Waals surface area contributed by atoms with E-state index in [0.717, 1.165) is 23.4 Å². The third-order valence-corrected chi connectivity index (χ3v) is 5.20. The Morgan fingerprint density at radius 2 is 1.60 bits per heavy atom. The Morgan fingerprint density at radius 1 is 0.960 bits per heavy atom. The van der Waals surface area contributed by atoms with Crippen LogP contribution in [0.4, 0.5) is 4.79 Å². The maximum atomic E-state index is 11.7. The largest absolute Gasteiger partial charge is 0.448 e. The first-order valence-electron chi connectivity index (χ1n) is 10.2. The van der Waals surface area contributed by atoms with Crippen molar-refractivity contribution < 1.29 is 9.53 Å². The third kappa shape index (κ3) is 9.61. The van der Waals surface area contributed by atoms with Crippen LogP contribution in [-0.4, -0.2) is 27.5 Å². The number of nitrogens with zero attached hydrogens (tertiary/aromatic N) is 3. The molecule has 0 bridgehead atoms. The lowest BCUT2D eigenvalue weighted by molar-refractivity contribution is 0.135. The molecule has 1 heterocycles. The lowest BCUT2D eigenvalue weighted by atomic mass is 9.91. The molecule has 0 fully saturated rings. The van der Waals surface area contributed by atoms with Gasteiger partial charge in [0.05, 0.1) is 6.61 Å². The Labute approximate surface area is 153 Å². The fourth-order valence-electron chi connectivity index (χ4n) is 3.32. The highest BCUT2D eigenvalue weighted by molar-refractivity contribution is 5.68. The second kappa shape index (κ2) is 13.9. The number of rotatable bonds is 14. The molecule has 1 rings (SSSR count). The molecule has 0 spiro atoms. The molecular weight excluding hydrogens is 314 g/mol. The summed E-state index contributed by atoms with van der Waals surface area (Å²) >= 11 is 0. The van der Waals surface area contributed by atoms with Gasteiger partial charge in [-0.25, -0.2) is 9.78 Å². The predicted molar refractivity (Wildman–Crippen MR) is 102 cm³/mol. The van der Waals surface area contributed by atoms with Crippen LogP contribution < -0.4 is 0 Å². The zero-order valence-corrected chi connectivity index (χ0v) is 16.5. The van der Waals surface area contributed by atoms with Crippen LogP contribution >= 0.6 is 0 Å². The zero-order chi connectivity index (χ0) is 18.3. The molecule has 0 amide bonds. The van der Waals surface area contributed by atoms with Crippen LogP contribution in [0.25, 0.3) is 0 Å². The zero-order valence-electron chi connectivity index (χ0n) is 16.5. The van der Waals surface area contributed by atoms with Gasteiger partial charge >= 0.3 is 6.09 Å². The number of aromatic nitrogens is 3. The maximum absolute atomic E-state index is 11.7. The SMILES string of the molecule is CCCCC(CC)CCCCCC(CC)CCOC(=O)n1cncn1. The summed E-state index contributed by atoms with van der Waals surface area (Å²) in [6.45, 7) is 7.29. The number of carbonyl (C=O) groups excluding carboxylic acids is 1. The summed E-state index contributed by atoms with van der Waals surface area (Å²) in [6, 6.07) is 0. The Kier molecular flexibility index (Phi) is 12.0. The molecule has 5 heteroatoms. The molecule has 1 aromatic heterocycles. The molecular formula is C20H37N3O2. The van der Waals surface area contributed by atoms with Crippen molar-refractivity contribution in [1.82, 2.24) is 14.8 Å². The average Bonchev–Trinajstić information content (AvgIpc) is 3.17. The highest BCUT2D eigenvalue weighted by Crippen LogP contribution is 2.22. The van der Waals surface area contributed by atoms with Crippen LogP contribution in [0, 0.1) is 11.8 Å². The van der Waals surface area contributed by atoms with E-state index < -0.39 is 6.09 Å². The summed E-state index contributed by atoms with van der Waals surface area (Å²) in [5.41, 5.74) is 0. The molecule has 0 saturated heterocycles. The molecule has 0 aliphatic carbocycles. The van der Waals surface area contributed by atoms with Gasteiger partial charge in [-0.2, -0.15) is 4.68 Å². The van der Waals surface area contributed by atoms with Crippen molar-refractivity contribution in [2.45, 2.75) is 91.4 Å². The number of ether oxygens (including phenoxy) is 1.